The number of benzene rings is 1. The van der Waals surface area contributed by atoms with Crippen molar-refractivity contribution in [1.29, 1.82) is 0 Å². The van der Waals surface area contributed by atoms with E-state index in [-0.39, 0.29) is 12.5 Å². The molecule has 4 nitrogen and oxygen atoms in total. The lowest BCUT2D eigenvalue weighted by Gasteiger charge is -2.41. The minimum Gasteiger partial charge on any atom is -0.394 e. The van der Waals surface area contributed by atoms with Crippen molar-refractivity contribution in [1.82, 2.24) is 5.32 Å². The Kier molecular flexibility index (Phi) is 3.99. The Bertz CT molecular complexity index is 396. The number of rotatable bonds is 5. The molecule has 4 N–H and O–H groups in total. The van der Waals surface area contributed by atoms with Gasteiger partial charge in [0.2, 0.25) is 5.91 Å². The Morgan fingerprint density at radius 3 is 2.56 bits per heavy atom. The number of nitrogens with one attached hydrogen (secondary N) is 1. The van der Waals surface area contributed by atoms with Gasteiger partial charge in [-0.1, -0.05) is 30.3 Å². The Morgan fingerprint density at radius 1 is 1.39 bits per heavy atom. The van der Waals surface area contributed by atoms with E-state index in [1.807, 2.05) is 30.3 Å². The topological polar surface area (TPSA) is 75.4 Å². The van der Waals surface area contributed by atoms with E-state index in [9.17, 15) is 9.90 Å². The Hall–Kier alpha value is -1.39. The van der Waals surface area contributed by atoms with E-state index in [0.717, 1.165) is 24.8 Å². The summed E-state index contributed by atoms with van der Waals surface area (Å²) in [7, 11) is 0. The zero-order valence-electron chi connectivity index (χ0n) is 10.4. The van der Waals surface area contributed by atoms with Crippen LogP contribution in [0.3, 0.4) is 0 Å². The van der Waals surface area contributed by atoms with Crippen molar-refractivity contribution in [2.45, 2.75) is 37.3 Å². The molecule has 98 valence electrons. The number of hydrogen-bond acceptors (Lipinski definition) is 3. The Morgan fingerprint density at radius 2 is 2.06 bits per heavy atom. The molecule has 1 aromatic carbocycles. The van der Waals surface area contributed by atoms with Crippen LogP contribution in [0.1, 0.15) is 24.8 Å². The van der Waals surface area contributed by atoms with E-state index in [2.05, 4.69) is 5.32 Å². The lowest BCUT2D eigenvalue weighted by atomic mass is 9.77. The van der Waals surface area contributed by atoms with E-state index in [4.69, 9.17) is 5.73 Å². The fourth-order valence-corrected chi connectivity index (χ4v) is 2.24. The van der Waals surface area contributed by atoms with Crippen LogP contribution in [0.2, 0.25) is 0 Å². The molecule has 1 aromatic rings. The number of aliphatic hydroxyl groups excluding tert-OH is 1. The van der Waals surface area contributed by atoms with Gasteiger partial charge in [0.1, 0.15) is 0 Å². The largest absolute Gasteiger partial charge is 0.394 e. The summed E-state index contributed by atoms with van der Waals surface area (Å²) < 4.78 is 0. The first-order valence-electron chi connectivity index (χ1n) is 6.38. The minimum absolute atomic E-state index is 0.00318. The van der Waals surface area contributed by atoms with Crippen molar-refractivity contribution < 1.29 is 9.90 Å². The van der Waals surface area contributed by atoms with E-state index >= 15 is 0 Å². The molecule has 1 aliphatic carbocycles. The van der Waals surface area contributed by atoms with Gasteiger partial charge in [-0.25, -0.2) is 0 Å². The average Bonchev–Trinajstić information content (AvgIpc) is 2.34. The number of hydrogen-bond donors (Lipinski definition) is 3. The molecule has 0 unspecified atom stereocenters. The normalized spacial score (nSPS) is 18.8. The van der Waals surface area contributed by atoms with Gasteiger partial charge >= 0.3 is 0 Å². The van der Waals surface area contributed by atoms with Gasteiger partial charge in [0.15, 0.2) is 0 Å². The van der Waals surface area contributed by atoms with Crippen LogP contribution in [0, 0.1) is 0 Å². The first-order chi connectivity index (χ1) is 8.65. The quantitative estimate of drug-likeness (QED) is 0.714. The molecule has 1 fully saturated rings. The fraction of sp³-hybridized carbons (Fsp3) is 0.500. The second-order valence-corrected chi connectivity index (χ2v) is 5.08. The molecule has 0 bridgehead atoms. The minimum atomic E-state index is -0.559. The number of amides is 1. The van der Waals surface area contributed by atoms with Gasteiger partial charge in [-0.15, -0.1) is 0 Å². The summed E-state index contributed by atoms with van der Waals surface area (Å²) in [6, 6.07) is 9.15. The van der Waals surface area contributed by atoms with Gasteiger partial charge < -0.3 is 16.2 Å². The maximum absolute atomic E-state index is 12.0. The smallest absolute Gasteiger partial charge is 0.237 e. The molecule has 0 aliphatic heterocycles. The molecule has 1 amide bonds. The maximum atomic E-state index is 12.0. The lowest BCUT2D eigenvalue weighted by molar-refractivity contribution is -0.126. The molecule has 2 rings (SSSR count). The monoisotopic (exact) mass is 248 g/mol. The second-order valence-electron chi connectivity index (χ2n) is 5.08. The van der Waals surface area contributed by atoms with Gasteiger partial charge in [0, 0.05) is 0 Å². The van der Waals surface area contributed by atoms with Crippen LogP contribution in [-0.4, -0.2) is 29.2 Å². The van der Waals surface area contributed by atoms with E-state index in [0.29, 0.717) is 6.42 Å². The summed E-state index contributed by atoms with van der Waals surface area (Å²) in [5.41, 5.74) is 6.53. The van der Waals surface area contributed by atoms with Crippen LogP contribution < -0.4 is 11.1 Å². The van der Waals surface area contributed by atoms with Crippen molar-refractivity contribution >= 4 is 5.91 Å². The molecule has 1 aliphatic rings. The molecule has 0 spiro atoms. The highest BCUT2D eigenvalue weighted by molar-refractivity contribution is 5.82. The Labute approximate surface area is 107 Å². The zero-order valence-corrected chi connectivity index (χ0v) is 10.4. The van der Waals surface area contributed by atoms with Crippen molar-refractivity contribution in [2.24, 2.45) is 5.73 Å². The summed E-state index contributed by atoms with van der Waals surface area (Å²) >= 11 is 0. The highest BCUT2D eigenvalue weighted by Crippen LogP contribution is 2.31. The molecule has 18 heavy (non-hydrogen) atoms. The lowest BCUT2D eigenvalue weighted by Crippen LogP contribution is -2.59. The van der Waals surface area contributed by atoms with Crippen LogP contribution in [0.25, 0.3) is 0 Å². The summed E-state index contributed by atoms with van der Waals surface area (Å²) in [5.74, 6) is -0.174. The molecule has 0 saturated heterocycles. The third kappa shape index (κ3) is 2.89. The summed E-state index contributed by atoms with van der Waals surface area (Å²) in [5, 5.41) is 12.2. The molecular weight excluding hydrogens is 228 g/mol. The summed E-state index contributed by atoms with van der Waals surface area (Å²) in [6.07, 6.45) is 3.25. The molecule has 4 heteroatoms. The predicted molar refractivity (Wildman–Crippen MR) is 69.9 cm³/mol. The number of aliphatic hydroxyl groups is 1. The molecule has 1 saturated carbocycles. The molecule has 0 heterocycles. The predicted octanol–water partition coefficient (Wildman–Crippen LogP) is 0.588. The summed E-state index contributed by atoms with van der Waals surface area (Å²) in [6.45, 7) is -0.00318. The average molecular weight is 248 g/mol. The van der Waals surface area contributed by atoms with Gasteiger partial charge in [0.05, 0.1) is 18.2 Å². The van der Waals surface area contributed by atoms with Crippen molar-refractivity contribution in [3.63, 3.8) is 0 Å². The molecule has 0 aromatic heterocycles. The number of carbonyl (C=O) groups is 1. The second kappa shape index (κ2) is 5.50. The van der Waals surface area contributed by atoms with Gasteiger partial charge in [-0.3, -0.25) is 4.79 Å². The zero-order chi connectivity index (χ0) is 13.0. The Balaban J connectivity index is 1.89. The summed E-state index contributed by atoms with van der Waals surface area (Å²) in [4.78, 5) is 12.0. The fourth-order valence-electron chi connectivity index (χ4n) is 2.24. The number of nitrogens with two attached hydrogens (primary N) is 1. The van der Waals surface area contributed by atoms with Crippen molar-refractivity contribution in [3.8, 4) is 0 Å². The first kappa shape index (κ1) is 13.1. The number of carbonyl (C=O) groups excluding carboxylic acids is 1. The maximum Gasteiger partial charge on any atom is 0.237 e. The van der Waals surface area contributed by atoms with Crippen LogP contribution >= 0.6 is 0 Å². The highest BCUT2D eigenvalue weighted by atomic mass is 16.3. The first-order valence-corrected chi connectivity index (χ1v) is 6.38. The third-order valence-electron chi connectivity index (χ3n) is 3.64. The molecular formula is C14H20N2O2. The van der Waals surface area contributed by atoms with E-state index < -0.39 is 11.6 Å². The van der Waals surface area contributed by atoms with E-state index in [1.165, 1.54) is 0 Å². The van der Waals surface area contributed by atoms with Gasteiger partial charge in [0.25, 0.3) is 0 Å². The van der Waals surface area contributed by atoms with Crippen LogP contribution in [0.15, 0.2) is 30.3 Å². The van der Waals surface area contributed by atoms with E-state index in [1.54, 1.807) is 0 Å². The SMILES string of the molecule is N[C@H](Cc1ccccc1)C(=O)NC1(CO)CCC1. The van der Waals surface area contributed by atoms with Gasteiger partial charge in [-0.2, -0.15) is 0 Å². The highest BCUT2D eigenvalue weighted by Gasteiger charge is 2.38. The molecule has 0 radical (unpaired) electrons. The van der Waals surface area contributed by atoms with Crippen LogP contribution in [0.4, 0.5) is 0 Å². The van der Waals surface area contributed by atoms with Crippen molar-refractivity contribution in [3.05, 3.63) is 35.9 Å². The van der Waals surface area contributed by atoms with Crippen LogP contribution in [-0.2, 0) is 11.2 Å². The van der Waals surface area contributed by atoms with Crippen LogP contribution in [0.5, 0.6) is 0 Å². The van der Waals surface area contributed by atoms with Crippen molar-refractivity contribution in [2.75, 3.05) is 6.61 Å². The molecule has 1 atom stereocenters. The third-order valence-corrected chi connectivity index (χ3v) is 3.64. The standard InChI is InChI=1S/C14H20N2O2/c15-12(9-11-5-2-1-3-6-11)13(18)16-14(10-17)7-4-8-14/h1-3,5-6,12,17H,4,7-10,15H2,(H,16,18)/t12-/m1/s1. The van der Waals surface area contributed by atoms with Gasteiger partial charge in [-0.05, 0) is 31.2 Å².